The van der Waals surface area contributed by atoms with E-state index in [1.807, 2.05) is 12.1 Å². The molecule has 0 aliphatic carbocycles. The number of amidine groups is 1. The molecule has 0 saturated heterocycles. The van der Waals surface area contributed by atoms with Crippen molar-refractivity contribution in [3.05, 3.63) is 65.9 Å². The molecular formula is C28H29F6N5O8. The van der Waals surface area contributed by atoms with Gasteiger partial charge in [-0.1, -0.05) is 18.2 Å². The lowest BCUT2D eigenvalue weighted by Crippen LogP contribution is -2.39. The van der Waals surface area contributed by atoms with Crippen LogP contribution in [0.2, 0.25) is 0 Å². The van der Waals surface area contributed by atoms with Crippen molar-refractivity contribution in [3.8, 4) is 5.75 Å². The maximum absolute atomic E-state index is 12.7. The molecule has 0 saturated carbocycles. The Balaban J connectivity index is 0.000000658. The first-order valence-corrected chi connectivity index (χ1v) is 12.9. The van der Waals surface area contributed by atoms with Crippen molar-refractivity contribution in [2.45, 2.75) is 31.2 Å². The Labute approximate surface area is 262 Å². The number of nitrogens with zero attached hydrogens (tertiary/aromatic N) is 2. The molecule has 7 N–H and O–H groups in total. The van der Waals surface area contributed by atoms with Crippen molar-refractivity contribution in [3.63, 3.8) is 0 Å². The number of ether oxygens (including phenoxy) is 1. The lowest BCUT2D eigenvalue weighted by atomic mass is 10.1. The summed E-state index contributed by atoms with van der Waals surface area (Å²) in [5.41, 5.74) is 7.03. The monoisotopic (exact) mass is 677 g/mol. The molecule has 3 aromatic rings. The molecule has 13 nitrogen and oxygen atoms in total. The normalized spacial score (nSPS) is 11.5. The number of carbonyl (C=O) groups excluding carboxylic acids is 1. The van der Waals surface area contributed by atoms with Gasteiger partial charge >= 0.3 is 30.3 Å². The van der Waals surface area contributed by atoms with Crippen molar-refractivity contribution in [1.82, 2.24) is 15.2 Å². The van der Waals surface area contributed by atoms with Crippen molar-refractivity contribution >= 4 is 46.2 Å². The van der Waals surface area contributed by atoms with Gasteiger partial charge in [-0.3, -0.25) is 15.0 Å². The number of hydrogen-bond acceptors (Lipinski definition) is 8. The third-order valence-corrected chi connectivity index (χ3v) is 5.61. The van der Waals surface area contributed by atoms with E-state index in [0.717, 1.165) is 10.8 Å². The molecule has 0 unspecified atom stereocenters. The van der Waals surface area contributed by atoms with Crippen LogP contribution in [-0.2, 0) is 14.4 Å². The molecule has 19 heteroatoms. The number of carboxylic acid groups (broad SMARTS) is 3. The number of aliphatic carboxylic acids is 3. The third-order valence-electron chi connectivity index (χ3n) is 5.61. The number of nitrogens with one attached hydrogen (secondary N) is 2. The molecule has 1 atom stereocenters. The number of nitrogens with two attached hydrogens (primary N) is 1. The van der Waals surface area contributed by atoms with Gasteiger partial charge in [-0.05, 0) is 42.1 Å². The predicted octanol–water partition coefficient (Wildman–Crippen LogP) is 4.01. The van der Waals surface area contributed by atoms with Crippen molar-refractivity contribution in [1.29, 1.82) is 5.41 Å². The number of carbonyl (C=O) groups is 4. The average Bonchev–Trinajstić information content (AvgIpc) is 2.98. The highest BCUT2D eigenvalue weighted by Gasteiger charge is 2.38. The zero-order chi connectivity index (χ0) is 36.1. The molecule has 0 aliphatic rings. The van der Waals surface area contributed by atoms with E-state index in [4.69, 9.17) is 40.8 Å². The van der Waals surface area contributed by atoms with Gasteiger partial charge in [0, 0.05) is 43.2 Å². The smallest absolute Gasteiger partial charge is 0.490 e. The molecule has 0 spiro atoms. The number of amides is 1. The maximum Gasteiger partial charge on any atom is 0.490 e. The number of nitrogen functional groups attached to an aromatic ring is 1. The highest BCUT2D eigenvalue weighted by atomic mass is 19.4. The van der Waals surface area contributed by atoms with Crippen LogP contribution in [0.4, 0.5) is 32.2 Å². The van der Waals surface area contributed by atoms with Gasteiger partial charge < -0.3 is 36.0 Å². The van der Waals surface area contributed by atoms with Crippen LogP contribution >= 0.6 is 0 Å². The van der Waals surface area contributed by atoms with E-state index in [9.17, 15) is 35.9 Å². The largest absolute Gasteiger partial charge is 0.491 e. The van der Waals surface area contributed by atoms with E-state index >= 15 is 0 Å². The molecule has 0 radical (unpaired) electrons. The van der Waals surface area contributed by atoms with Crippen LogP contribution in [0.3, 0.4) is 0 Å². The maximum atomic E-state index is 12.7. The third kappa shape index (κ3) is 13.9. The molecule has 1 amide bonds. The minimum atomic E-state index is -5.08. The van der Waals surface area contributed by atoms with Crippen LogP contribution in [-0.4, -0.2) is 94.0 Å². The number of halogens is 6. The van der Waals surface area contributed by atoms with Gasteiger partial charge in [0.25, 0.3) is 5.91 Å². The Morgan fingerprint density at radius 2 is 1.43 bits per heavy atom. The first-order chi connectivity index (χ1) is 21.6. The summed E-state index contributed by atoms with van der Waals surface area (Å²) in [6.07, 6.45) is -8.44. The van der Waals surface area contributed by atoms with Gasteiger partial charge in [0.1, 0.15) is 24.0 Å². The fraction of sp³-hybridized carbons (Fsp3) is 0.286. The summed E-state index contributed by atoms with van der Waals surface area (Å²) in [5, 5.41) is 35.9. The quantitative estimate of drug-likeness (QED) is 0.108. The molecule has 1 aromatic heterocycles. The topological polar surface area (TPSA) is 216 Å². The lowest BCUT2D eigenvalue weighted by Gasteiger charge is -2.19. The van der Waals surface area contributed by atoms with Crippen molar-refractivity contribution in [2.24, 2.45) is 0 Å². The number of fused-ring (bicyclic) bond motifs is 1. The summed E-state index contributed by atoms with van der Waals surface area (Å²) in [6.45, 7) is 0.0913. The SMILES string of the molecule is CN(C)C(=N)c1ccc(C(=O)N[C@H](CCC(=O)O)COc2ccc3ccnc(N)c3c2)cc1.O=C(O)C(F)(F)F.O=C(O)C(F)(F)F. The number of benzene rings is 2. The second-order valence-corrected chi connectivity index (χ2v) is 9.42. The summed E-state index contributed by atoms with van der Waals surface area (Å²) in [7, 11) is 3.55. The van der Waals surface area contributed by atoms with Gasteiger partial charge in [-0.15, -0.1) is 0 Å². The second-order valence-electron chi connectivity index (χ2n) is 9.42. The fourth-order valence-corrected chi connectivity index (χ4v) is 3.26. The summed E-state index contributed by atoms with van der Waals surface area (Å²) >= 11 is 0. The standard InChI is InChI=1S/C24H27N5O4.2C2HF3O2/c1-29(2)23(26)16-3-5-17(6-4-16)24(32)28-18(8-10-21(30)31)14-33-19-9-7-15-11-12-27-22(25)20(15)13-19;2*3-2(4,5)1(6)7/h3-7,9,11-13,18,26H,8,10,14H2,1-2H3,(H2,25,27)(H,28,32)(H,30,31);2*(H,6,7)/t18-;;/m1../s1. The molecule has 3 rings (SSSR count). The molecule has 47 heavy (non-hydrogen) atoms. The fourth-order valence-electron chi connectivity index (χ4n) is 3.26. The van der Waals surface area contributed by atoms with Gasteiger partial charge in [-0.25, -0.2) is 14.6 Å². The zero-order valence-corrected chi connectivity index (χ0v) is 24.5. The first-order valence-electron chi connectivity index (χ1n) is 12.9. The number of carboxylic acids is 3. The van der Waals surface area contributed by atoms with E-state index in [1.54, 1.807) is 61.6 Å². The van der Waals surface area contributed by atoms with E-state index in [1.165, 1.54) is 0 Å². The minimum absolute atomic E-state index is 0.0913. The van der Waals surface area contributed by atoms with Crippen LogP contribution in [0, 0.1) is 5.41 Å². The van der Waals surface area contributed by atoms with Crippen LogP contribution < -0.4 is 15.8 Å². The van der Waals surface area contributed by atoms with E-state index < -0.39 is 36.3 Å². The molecular weight excluding hydrogens is 648 g/mol. The van der Waals surface area contributed by atoms with E-state index in [0.29, 0.717) is 28.5 Å². The predicted molar refractivity (Wildman–Crippen MR) is 154 cm³/mol. The van der Waals surface area contributed by atoms with Crippen LogP contribution in [0.15, 0.2) is 54.7 Å². The van der Waals surface area contributed by atoms with Gasteiger partial charge in [0.2, 0.25) is 0 Å². The Morgan fingerprint density at radius 1 is 0.915 bits per heavy atom. The molecule has 256 valence electrons. The van der Waals surface area contributed by atoms with Crippen molar-refractivity contribution < 1.29 is 65.6 Å². The van der Waals surface area contributed by atoms with Crippen LogP contribution in [0.5, 0.6) is 5.75 Å². The summed E-state index contributed by atoms with van der Waals surface area (Å²) in [6, 6.07) is 13.4. The number of aromatic nitrogens is 1. The van der Waals surface area contributed by atoms with Crippen molar-refractivity contribution in [2.75, 3.05) is 26.4 Å². The summed E-state index contributed by atoms with van der Waals surface area (Å²) in [5.74, 6) is -5.54. The summed E-state index contributed by atoms with van der Waals surface area (Å²) in [4.78, 5) is 47.4. The number of anilines is 1. The Hall–Kier alpha value is -5.62. The van der Waals surface area contributed by atoms with E-state index in [2.05, 4.69) is 10.3 Å². The zero-order valence-electron chi connectivity index (χ0n) is 24.5. The van der Waals surface area contributed by atoms with Gasteiger partial charge in [0.05, 0.1) is 6.04 Å². The Bertz CT molecular complexity index is 1540. The number of alkyl halides is 6. The number of pyridine rings is 1. The molecule has 0 fully saturated rings. The summed E-state index contributed by atoms with van der Waals surface area (Å²) < 4.78 is 69.3. The minimum Gasteiger partial charge on any atom is -0.491 e. The molecule has 0 aliphatic heterocycles. The molecule has 1 heterocycles. The second kappa shape index (κ2) is 17.2. The number of rotatable bonds is 9. The Kier molecular flexibility index (Phi) is 14.4. The van der Waals surface area contributed by atoms with Gasteiger partial charge in [-0.2, -0.15) is 26.3 Å². The van der Waals surface area contributed by atoms with Crippen LogP contribution in [0.25, 0.3) is 10.8 Å². The molecule has 2 aromatic carbocycles. The number of hydrogen-bond donors (Lipinski definition) is 6. The highest BCUT2D eigenvalue weighted by Crippen LogP contribution is 2.24. The average molecular weight is 678 g/mol. The van der Waals surface area contributed by atoms with Gasteiger partial charge in [0.15, 0.2) is 0 Å². The Morgan fingerprint density at radius 3 is 1.89 bits per heavy atom. The lowest BCUT2D eigenvalue weighted by molar-refractivity contribution is -0.193. The van der Waals surface area contributed by atoms with E-state index in [-0.39, 0.29) is 25.4 Å². The highest BCUT2D eigenvalue weighted by molar-refractivity contribution is 5.99. The van der Waals surface area contributed by atoms with Crippen LogP contribution in [0.1, 0.15) is 28.8 Å². The first kappa shape index (κ1) is 39.4. The molecule has 0 bridgehead atoms.